The van der Waals surface area contributed by atoms with Gasteiger partial charge in [-0.1, -0.05) is 84.2 Å². The van der Waals surface area contributed by atoms with Crippen molar-refractivity contribution in [3.8, 4) is 0 Å². The Hall–Kier alpha value is -1.86. The van der Waals surface area contributed by atoms with Crippen LogP contribution in [0.1, 0.15) is 22.3 Å². The van der Waals surface area contributed by atoms with Crippen LogP contribution in [0.15, 0.2) is 58.9 Å². The molecule has 0 aliphatic heterocycles. The third-order valence-corrected chi connectivity index (χ3v) is 8.99. The molecule has 2 aliphatic carbocycles. The summed E-state index contributed by atoms with van der Waals surface area (Å²) in [5, 5.41) is 3.37. The molecule has 4 rings (SSSR count). The summed E-state index contributed by atoms with van der Waals surface area (Å²) in [7, 11) is -1.51. The van der Waals surface area contributed by atoms with Gasteiger partial charge in [-0.3, -0.25) is 0 Å². The normalized spacial score (nSPS) is 16.3. The topological polar surface area (TPSA) is 0 Å². The highest BCUT2D eigenvalue weighted by atomic mass is 28.3. The number of hydrogen-bond acceptors (Lipinski definition) is 0. The zero-order chi connectivity index (χ0) is 14.4. The first-order valence-corrected chi connectivity index (χ1v) is 10.7. The van der Waals surface area contributed by atoms with Gasteiger partial charge in [-0.05, 0) is 35.1 Å². The predicted octanol–water partition coefficient (Wildman–Crippen LogP) is 5.05. The fourth-order valence-electron chi connectivity index (χ4n) is 3.57. The summed E-state index contributed by atoms with van der Waals surface area (Å²) in [5.74, 6) is 0. The van der Waals surface area contributed by atoms with E-state index in [0.29, 0.717) is 0 Å². The highest BCUT2D eigenvalue weighted by Crippen LogP contribution is 2.39. The molecule has 0 heterocycles. The number of hydrogen-bond donors (Lipinski definition) is 0. The Morgan fingerprint density at radius 1 is 0.667 bits per heavy atom. The van der Waals surface area contributed by atoms with E-state index in [1.807, 2.05) is 0 Å². The second-order valence-corrected chi connectivity index (χ2v) is 11.2. The van der Waals surface area contributed by atoms with E-state index in [1.165, 1.54) is 22.3 Å². The van der Waals surface area contributed by atoms with Gasteiger partial charge in [-0.25, -0.2) is 0 Å². The lowest BCUT2D eigenvalue weighted by Crippen LogP contribution is -2.32. The summed E-state index contributed by atoms with van der Waals surface area (Å²) in [6.07, 6.45) is 7.24. The summed E-state index contributed by atoms with van der Waals surface area (Å²) in [6, 6.07) is 17.7. The molecule has 21 heavy (non-hydrogen) atoms. The minimum Gasteiger partial charge on any atom is -0.0715 e. The Kier molecular flexibility index (Phi) is 2.80. The molecule has 0 atom stereocenters. The van der Waals surface area contributed by atoms with Gasteiger partial charge in [0.05, 0.1) is 0 Å². The molecule has 0 nitrogen and oxygen atoms in total. The molecular formula is C20H20Si. The Labute approximate surface area is 127 Å². The first-order chi connectivity index (χ1) is 10.1. The summed E-state index contributed by atoms with van der Waals surface area (Å²) >= 11 is 0. The van der Waals surface area contributed by atoms with E-state index in [9.17, 15) is 0 Å². The van der Waals surface area contributed by atoms with Crippen molar-refractivity contribution >= 4 is 20.2 Å². The largest absolute Gasteiger partial charge is 0.103 e. The summed E-state index contributed by atoms with van der Waals surface area (Å²) in [6.45, 7) is 5.03. The van der Waals surface area contributed by atoms with Crippen molar-refractivity contribution in [1.29, 1.82) is 0 Å². The lowest BCUT2D eigenvalue weighted by atomic mass is 10.1. The molecular weight excluding hydrogens is 268 g/mol. The van der Waals surface area contributed by atoms with Gasteiger partial charge in [0.1, 0.15) is 8.07 Å². The number of rotatable bonds is 2. The van der Waals surface area contributed by atoms with Gasteiger partial charge >= 0.3 is 0 Å². The van der Waals surface area contributed by atoms with Crippen molar-refractivity contribution in [2.24, 2.45) is 0 Å². The monoisotopic (exact) mass is 288 g/mol. The molecule has 0 bridgehead atoms. The molecule has 0 unspecified atom stereocenters. The van der Waals surface area contributed by atoms with Gasteiger partial charge in [0.25, 0.3) is 0 Å². The molecule has 0 fully saturated rings. The SMILES string of the molecule is C[Si](C)(C1=Cc2ccccc2C1)C1=Cc2ccccc2C1. The van der Waals surface area contributed by atoms with E-state index in [0.717, 1.165) is 12.8 Å². The fraction of sp³-hybridized carbons (Fsp3) is 0.200. The lowest BCUT2D eigenvalue weighted by molar-refractivity contribution is 1.22. The second kappa shape index (κ2) is 4.57. The van der Waals surface area contributed by atoms with Gasteiger partial charge in [0.2, 0.25) is 0 Å². The van der Waals surface area contributed by atoms with Crippen molar-refractivity contribution < 1.29 is 0 Å². The number of benzene rings is 2. The zero-order valence-corrected chi connectivity index (χ0v) is 13.7. The van der Waals surface area contributed by atoms with Gasteiger partial charge in [0.15, 0.2) is 0 Å². The smallest absolute Gasteiger partial charge is 0.0715 e. The van der Waals surface area contributed by atoms with Gasteiger partial charge in [-0.2, -0.15) is 0 Å². The highest BCUT2D eigenvalue weighted by molar-refractivity contribution is 6.92. The molecule has 2 aliphatic rings. The third kappa shape index (κ3) is 2.04. The van der Waals surface area contributed by atoms with Crippen LogP contribution in [0.25, 0.3) is 12.2 Å². The van der Waals surface area contributed by atoms with Crippen LogP contribution in [0.5, 0.6) is 0 Å². The maximum absolute atomic E-state index is 2.52. The van der Waals surface area contributed by atoms with Gasteiger partial charge < -0.3 is 0 Å². The Morgan fingerprint density at radius 2 is 1.10 bits per heavy atom. The Balaban J connectivity index is 1.68. The van der Waals surface area contributed by atoms with E-state index in [1.54, 1.807) is 10.4 Å². The van der Waals surface area contributed by atoms with E-state index in [4.69, 9.17) is 0 Å². The molecule has 2 aromatic carbocycles. The quantitative estimate of drug-likeness (QED) is 0.678. The average Bonchev–Trinajstić information content (AvgIpc) is 3.11. The third-order valence-electron chi connectivity index (χ3n) is 5.14. The Morgan fingerprint density at radius 3 is 1.52 bits per heavy atom. The molecule has 104 valence electrons. The van der Waals surface area contributed by atoms with Gasteiger partial charge in [0, 0.05) is 0 Å². The maximum atomic E-state index is 2.52. The van der Waals surface area contributed by atoms with E-state index >= 15 is 0 Å². The van der Waals surface area contributed by atoms with Crippen LogP contribution in [0, 0.1) is 0 Å². The lowest BCUT2D eigenvalue weighted by Gasteiger charge is -2.26. The van der Waals surface area contributed by atoms with Crippen LogP contribution in [-0.2, 0) is 12.8 Å². The van der Waals surface area contributed by atoms with Crippen molar-refractivity contribution in [2.45, 2.75) is 25.9 Å². The van der Waals surface area contributed by atoms with Crippen LogP contribution < -0.4 is 0 Å². The summed E-state index contributed by atoms with van der Waals surface area (Å²) < 4.78 is 0. The van der Waals surface area contributed by atoms with Crippen LogP contribution in [0.4, 0.5) is 0 Å². The molecule has 1 heteroatoms. The number of allylic oxidation sites excluding steroid dienone is 2. The fourth-order valence-corrected chi connectivity index (χ4v) is 6.28. The molecule has 0 radical (unpaired) electrons. The van der Waals surface area contributed by atoms with E-state index in [2.05, 4.69) is 73.8 Å². The predicted molar refractivity (Wildman–Crippen MR) is 93.7 cm³/mol. The molecule has 0 aromatic heterocycles. The van der Waals surface area contributed by atoms with E-state index in [-0.39, 0.29) is 0 Å². The first-order valence-electron chi connectivity index (χ1n) is 7.72. The van der Waals surface area contributed by atoms with Crippen molar-refractivity contribution in [3.63, 3.8) is 0 Å². The van der Waals surface area contributed by atoms with Crippen molar-refractivity contribution in [2.75, 3.05) is 0 Å². The molecule has 0 saturated carbocycles. The van der Waals surface area contributed by atoms with Crippen LogP contribution in [-0.4, -0.2) is 8.07 Å². The summed E-state index contributed by atoms with van der Waals surface area (Å²) in [4.78, 5) is 0. The van der Waals surface area contributed by atoms with Crippen LogP contribution in [0.2, 0.25) is 13.1 Å². The highest BCUT2D eigenvalue weighted by Gasteiger charge is 2.34. The molecule has 0 amide bonds. The first kappa shape index (κ1) is 12.8. The van der Waals surface area contributed by atoms with Gasteiger partial charge in [-0.15, -0.1) is 0 Å². The van der Waals surface area contributed by atoms with Crippen molar-refractivity contribution in [3.05, 3.63) is 81.2 Å². The molecule has 2 aromatic rings. The minimum atomic E-state index is -1.51. The summed E-state index contributed by atoms with van der Waals surface area (Å²) in [5.41, 5.74) is 5.88. The minimum absolute atomic E-state index is 1.16. The molecule has 0 saturated heterocycles. The second-order valence-electron chi connectivity index (χ2n) is 6.72. The standard InChI is InChI=1S/C20H20Si/c1-21(2,19-11-15-7-3-4-8-16(15)12-19)20-13-17-9-5-6-10-18(17)14-20/h3-11,13H,12,14H2,1-2H3. The molecule has 0 spiro atoms. The van der Waals surface area contributed by atoms with Crippen LogP contribution >= 0.6 is 0 Å². The molecule has 0 N–H and O–H groups in total. The van der Waals surface area contributed by atoms with Crippen LogP contribution in [0.3, 0.4) is 0 Å². The maximum Gasteiger partial charge on any atom is 0.103 e. The number of fused-ring (bicyclic) bond motifs is 2. The Bertz CT molecular complexity index is 712. The average molecular weight is 288 g/mol. The van der Waals surface area contributed by atoms with Crippen molar-refractivity contribution in [1.82, 2.24) is 0 Å². The zero-order valence-electron chi connectivity index (χ0n) is 12.7. The van der Waals surface area contributed by atoms with E-state index < -0.39 is 8.07 Å².